The van der Waals surface area contributed by atoms with Crippen LogP contribution in [0.15, 0.2) is 48.8 Å². The molecule has 2 aromatic rings. The van der Waals surface area contributed by atoms with Crippen molar-refractivity contribution in [1.82, 2.24) is 9.97 Å². The van der Waals surface area contributed by atoms with Crippen LogP contribution in [0.3, 0.4) is 0 Å². The van der Waals surface area contributed by atoms with Gasteiger partial charge in [-0.15, -0.1) is 5.92 Å². The van der Waals surface area contributed by atoms with E-state index < -0.39 is 5.60 Å². The number of benzene rings is 1. The minimum absolute atomic E-state index is 0.0151. The van der Waals surface area contributed by atoms with E-state index in [0.29, 0.717) is 5.82 Å². The molecule has 34 heavy (non-hydrogen) atoms. The predicted molar refractivity (Wildman–Crippen MR) is 139 cm³/mol. The first-order chi connectivity index (χ1) is 16.3. The highest BCUT2D eigenvalue weighted by Gasteiger charge is 2.62. The Morgan fingerprint density at radius 3 is 2.68 bits per heavy atom. The Morgan fingerprint density at radius 2 is 2.03 bits per heavy atom. The number of hydrogen-bond donors (Lipinski definition) is 3. The molecule has 3 atom stereocenters. The third-order valence-electron chi connectivity index (χ3n) is 7.20. The van der Waals surface area contributed by atoms with Crippen molar-refractivity contribution in [3.05, 3.63) is 54.4 Å². The van der Waals surface area contributed by atoms with Crippen LogP contribution in [0, 0.1) is 34.5 Å². The van der Waals surface area contributed by atoms with Gasteiger partial charge in [-0.25, -0.2) is 9.97 Å². The lowest BCUT2D eigenvalue weighted by Gasteiger charge is -2.42. The van der Waals surface area contributed by atoms with Crippen molar-refractivity contribution in [1.29, 1.82) is 5.41 Å². The second kappa shape index (κ2) is 9.60. The molecule has 3 unspecified atom stereocenters. The van der Waals surface area contributed by atoms with Gasteiger partial charge >= 0.3 is 0 Å². The fourth-order valence-corrected chi connectivity index (χ4v) is 4.86. The molecule has 3 N–H and O–H groups in total. The van der Waals surface area contributed by atoms with Crippen LogP contribution in [0.1, 0.15) is 52.5 Å². The molecule has 1 spiro atoms. The summed E-state index contributed by atoms with van der Waals surface area (Å²) in [6, 6.07) is 9.62. The summed E-state index contributed by atoms with van der Waals surface area (Å²) in [5.74, 6) is 8.50. The van der Waals surface area contributed by atoms with E-state index in [4.69, 9.17) is 5.41 Å². The molecule has 3 aliphatic rings. The molecule has 0 bridgehead atoms. The average Bonchev–Trinajstić information content (AvgIpc) is 3.73. The molecule has 2 saturated carbocycles. The SMILES string of the molecule is CC#CC1CC12CC2.CC1C(C(C)(C)O)C=CCN1c1cc(Nc2ccccc2C=N)ncn1. The minimum Gasteiger partial charge on any atom is -0.390 e. The van der Waals surface area contributed by atoms with Gasteiger partial charge in [0, 0.05) is 48.0 Å². The average molecular weight is 458 g/mol. The molecule has 2 heterocycles. The van der Waals surface area contributed by atoms with Crippen molar-refractivity contribution < 1.29 is 5.11 Å². The summed E-state index contributed by atoms with van der Waals surface area (Å²) in [6.07, 6.45) is 11.3. The van der Waals surface area contributed by atoms with E-state index in [1.165, 1.54) is 31.8 Å². The minimum atomic E-state index is -0.800. The van der Waals surface area contributed by atoms with Crippen LogP contribution in [-0.2, 0) is 0 Å². The Morgan fingerprint density at radius 1 is 1.26 bits per heavy atom. The molecule has 0 radical (unpaired) electrons. The highest BCUT2D eigenvalue weighted by Crippen LogP contribution is 2.70. The summed E-state index contributed by atoms with van der Waals surface area (Å²) >= 11 is 0. The summed E-state index contributed by atoms with van der Waals surface area (Å²) in [7, 11) is 0. The fraction of sp³-hybridized carbons (Fsp3) is 0.464. The van der Waals surface area contributed by atoms with Gasteiger partial charge in [0.1, 0.15) is 18.0 Å². The summed E-state index contributed by atoms with van der Waals surface area (Å²) in [5.41, 5.74) is 1.62. The number of nitrogens with zero attached hydrogens (tertiary/aromatic N) is 3. The van der Waals surface area contributed by atoms with Gasteiger partial charge in [0.25, 0.3) is 0 Å². The van der Waals surface area contributed by atoms with Crippen LogP contribution in [0.2, 0.25) is 0 Å². The smallest absolute Gasteiger partial charge is 0.135 e. The second-order valence-corrected chi connectivity index (χ2v) is 10.1. The molecular formula is C28H35N5O. The maximum absolute atomic E-state index is 10.4. The largest absolute Gasteiger partial charge is 0.390 e. The lowest BCUT2D eigenvalue weighted by Crippen LogP contribution is -2.49. The molecule has 1 aliphatic heterocycles. The van der Waals surface area contributed by atoms with Gasteiger partial charge in [0.2, 0.25) is 0 Å². The van der Waals surface area contributed by atoms with E-state index in [1.54, 1.807) is 0 Å². The van der Waals surface area contributed by atoms with E-state index in [2.05, 4.69) is 51.1 Å². The zero-order valence-corrected chi connectivity index (χ0v) is 20.5. The second-order valence-electron chi connectivity index (χ2n) is 10.1. The molecule has 5 rings (SSSR count). The molecule has 0 amide bonds. The monoisotopic (exact) mass is 457 g/mol. The number of para-hydroxylation sites is 1. The number of aromatic nitrogens is 2. The van der Waals surface area contributed by atoms with E-state index in [0.717, 1.165) is 34.9 Å². The summed E-state index contributed by atoms with van der Waals surface area (Å²) in [5, 5.41) is 21.2. The van der Waals surface area contributed by atoms with Gasteiger partial charge in [-0.05, 0) is 58.4 Å². The summed E-state index contributed by atoms with van der Waals surface area (Å²) in [4.78, 5) is 10.9. The van der Waals surface area contributed by atoms with Gasteiger partial charge in [0.05, 0.1) is 5.60 Å². The molecule has 2 fully saturated rings. The summed E-state index contributed by atoms with van der Waals surface area (Å²) < 4.78 is 0. The number of nitrogens with one attached hydrogen (secondary N) is 2. The Kier molecular flexibility index (Phi) is 6.77. The van der Waals surface area contributed by atoms with E-state index in [-0.39, 0.29) is 12.0 Å². The van der Waals surface area contributed by atoms with Crippen molar-refractivity contribution in [3.63, 3.8) is 0 Å². The van der Waals surface area contributed by atoms with Crippen molar-refractivity contribution in [2.45, 2.75) is 58.6 Å². The van der Waals surface area contributed by atoms with Crippen molar-refractivity contribution >= 4 is 23.5 Å². The summed E-state index contributed by atoms with van der Waals surface area (Å²) in [6.45, 7) is 8.45. The predicted octanol–water partition coefficient (Wildman–Crippen LogP) is 5.18. The molecule has 178 valence electrons. The van der Waals surface area contributed by atoms with Crippen LogP contribution >= 0.6 is 0 Å². The lowest BCUT2D eigenvalue weighted by atomic mass is 9.82. The lowest BCUT2D eigenvalue weighted by molar-refractivity contribution is 0.0265. The van der Waals surface area contributed by atoms with Crippen molar-refractivity contribution in [2.24, 2.45) is 17.3 Å². The van der Waals surface area contributed by atoms with Gasteiger partial charge < -0.3 is 20.7 Å². The molecule has 6 heteroatoms. The number of rotatable bonds is 5. The third-order valence-corrected chi connectivity index (χ3v) is 7.20. The van der Waals surface area contributed by atoms with Crippen LogP contribution in [0.25, 0.3) is 0 Å². The maximum atomic E-state index is 10.4. The Bertz CT molecular complexity index is 1120. The van der Waals surface area contributed by atoms with Gasteiger partial charge in [-0.1, -0.05) is 36.3 Å². The highest BCUT2D eigenvalue weighted by atomic mass is 16.3. The standard InChI is InChI=1S/C20H25N5O.C8H10/c1-14-16(20(2,3)26)8-6-10-25(14)19-11-18(22-13-23-19)24-17-9-5-4-7-15(17)12-21;1-2-3-7-6-8(7)4-5-8/h4-9,11-14,16,21,26H,10H2,1-3H3,(H,22,23,24);7H,4-6H2,1H3. The van der Waals surface area contributed by atoms with E-state index in [1.807, 2.05) is 51.1 Å². The normalized spacial score (nSPS) is 23.8. The van der Waals surface area contributed by atoms with Crippen molar-refractivity contribution in [2.75, 3.05) is 16.8 Å². The fourth-order valence-electron chi connectivity index (χ4n) is 4.86. The topological polar surface area (TPSA) is 85.1 Å². The Hall–Kier alpha value is -3.17. The zero-order chi connectivity index (χ0) is 24.3. The first-order valence-corrected chi connectivity index (χ1v) is 12.0. The molecule has 6 nitrogen and oxygen atoms in total. The number of hydrogen-bond acceptors (Lipinski definition) is 6. The first-order valence-electron chi connectivity index (χ1n) is 12.0. The van der Waals surface area contributed by atoms with Crippen LogP contribution < -0.4 is 10.2 Å². The molecule has 1 aromatic carbocycles. The Balaban J connectivity index is 0.000000285. The Labute approximate surface area is 203 Å². The van der Waals surface area contributed by atoms with Crippen LogP contribution in [0.5, 0.6) is 0 Å². The van der Waals surface area contributed by atoms with Crippen LogP contribution in [-0.4, -0.2) is 39.5 Å². The van der Waals surface area contributed by atoms with E-state index >= 15 is 0 Å². The molecule has 1 aromatic heterocycles. The quantitative estimate of drug-likeness (QED) is 0.327. The van der Waals surface area contributed by atoms with Crippen LogP contribution in [0.4, 0.5) is 17.3 Å². The van der Waals surface area contributed by atoms with Gasteiger partial charge in [-0.3, -0.25) is 0 Å². The highest BCUT2D eigenvalue weighted by molar-refractivity contribution is 5.87. The number of anilines is 3. The van der Waals surface area contributed by atoms with Gasteiger partial charge in [-0.2, -0.15) is 0 Å². The molecular weight excluding hydrogens is 422 g/mol. The van der Waals surface area contributed by atoms with E-state index in [9.17, 15) is 5.11 Å². The van der Waals surface area contributed by atoms with Crippen molar-refractivity contribution in [3.8, 4) is 11.8 Å². The maximum Gasteiger partial charge on any atom is 0.135 e. The first kappa shape index (κ1) is 24.0. The zero-order valence-electron chi connectivity index (χ0n) is 20.5. The van der Waals surface area contributed by atoms with Gasteiger partial charge in [0.15, 0.2) is 0 Å². The number of aliphatic hydroxyl groups is 1. The third kappa shape index (κ3) is 5.31. The molecule has 0 saturated heterocycles. The molecule has 2 aliphatic carbocycles.